The molecule has 5 rings (SSSR count). The highest BCUT2D eigenvalue weighted by atomic mass is 35.5. The number of carbonyl (C=O) groups is 1. The Labute approximate surface area is 195 Å². The van der Waals surface area contributed by atoms with E-state index in [-0.39, 0.29) is 11.5 Å². The lowest BCUT2D eigenvalue weighted by Crippen LogP contribution is -2.05. The van der Waals surface area contributed by atoms with E-state index in [0.717, 1.165) is 27.7 Å². The first-order valence-electron chi connectivity index (χ1n) is 10.4. The normalized spacial score (nSPS) is 11.1. The van der Waals surface area contributed by atoms with Crippen LogP contribution in [0.1, 0.15) is 27.4 Å². The molecule has 2 aromatic carbocycles. The van der Waals surface area contributed by atoms with E-state index in [9.17, 15) is 4.79 Å². The van der Waals surface area contributed by atoms with Gasteiger partial charge in [0.15, 0.2) is 0 Å². The van der Waals surface area contributed by atoms with E-state index < -0.39 is 0 Å². The van der Waals surface area contributed by atoms with E-state index in [1.165, 1.54) is 0 Å². The van der Waals surface area contributed by atoms with Gasteiger partial charge in [0.2, 0.25) is 11.5 Å². The number of ether oxygens (including phenoxy) is 1. The molecule has 0 aliphatic heterocycles. The molecule has 0 aliphatic rings. The van der Waals surface area contributed by atoms with Gasteiger partial charge in [-0.2, -0.15) is 0 Å². The summed E-state index contributed by atoms with van der Waals surface area (Å²) in [7, 11) is 1.61. The lowest BCUT2D eigenvalue weighted by molar-refractivity contribution is 0.100. The number of fused-ring (bicyclic) bond motifs is 1. The predicted octanol–water partition coefficient (Wildman–Crippen LogP) is 5.94. The fourth-order valence-corrected chi connectivity index (χ4v) is 4.13. The van der Waals surface area contributed by atoms with Gasteiger partial charge in [-0.05, 0) is 55.0 Å². The predicted molar refractivity (Wildman–Crippen MR) is 127 cm³/mol. The second kappa shape index (κ2) is 8.56. The molecule has 6 nitrogen and oxygen atoms in total. The number of ketones is 1. The Balaban J connectivity index is 1.61. The summed E-state index contributed by atoms with van der Waals surface area (Å²) >= 11 is 6.05. The van der Waals surface area contributed by atoms with Gasteiger partial charge < -0.3 is 13.8 Å². The average molecular weight is 458 g/mol. The molecule has 3 aromatic heterocycles. The molecule has 0 aliphatic carbocycles. The van der Waals surface area contributed by atoms with Gasteiger partial charge in [-0.25, -0.2) is 0 Å². The highest BCUT2D eigenvalue weighted by molar-refractivity contribution is 6.30. The van der Waals surface area contributed by atoms with Crippen molar-refractivity contribution in [2.45, 2.75) is 13.5 Å². The van der Waals surface area contributed by atoms with Gasteiger partial charge in [-0.15, -0.1) is 0 Å². The molecule has 0 amide bonds. The maximum absolute atomic E-state index is 13.6. The van der Waals surface area contributed by atoms with E-state index in [0.29, 0.717) is 28.6 Å². The molecule has 0 saturated heterocycles. The lowest BCUT2D eigenvalue weighted by Gasteiger charge is -2.09. The fourth-order valence-electron chi connectivity index (χ4n) is 4.01. The van der Waals surface area contributed by atoms with Crippen molar-refractivity contribution in [2.75, 3.05) is 7.11 Å². The number of halogens is 1. The van der Waals surface area contributed by atoms with E-state index in [1.807, 2.05) is 61.5 Å². The number of benzene rings is 2. The highest BCUT2D eigenvalue weighted by Crippen LogP contribution is 2.32. The Morgan fingerprint density at radius 3 is 2.67 bits per heavy atom. The first-order valence-corrected chi connectivity index (χ1v) is 10.8. The van der Waals surface area contributed by atoms with Crippen molar-refractivity contribution < 1.29 is 14.1 Å². The van der Waals surface area contributed by atoms with Crippen molar-refractivity contribution in [1.82, 2.24) is 14.7 Å². The third-order valence-corrected chi connectivity index (χ3v) is 5.95. The molecule has 0 saturated carbocycles. The number of rotatable bonds is 6. The Hall–Kier alpha value is -3.90. The van der Waals surface area contributed by atoms with Gasteiger partial charge in [0.25, 0.3) is 0 Å². The van der Waals surface area contributed by atoms with Gasteiger partial charge >= 0.3 is 0 Å². The average Bonchev–Trinajstić information content (AvgIpc) is 3.44. The number of carbonyl (C=O) groups excluding carboxylic acids is 1. The highest BCUT2D eigenvalue weighted by Gasteiger charge is 2.25. The molecule has 164 valence electrons. The molecule has 0 N–H and O–H groups in total. The molecule has 0 unspecified atom stereocenters. The number of methoxy groups -OCH3 is 1. The summed E-state index contributed by atoms with van der Waals surface area (Å²) < 4.78 is 13.0. The van der Waals surface area contributed by atoms with Gasteiger partial charge in [0, 0.05) is 52.2 Å². The summed E-state index contributed by atoms with van der Waals surface area (Å²) in [5, 5.41) is 5.56. The van der Waals surface area contributed by atoms with Gasteiger partial charge in [0.05, 0.1) is 12.7 Å². The summed E-state index contributed by atoms with van der Waals surface area (Å²) in [5.74, 6) is 0.613. The molecule has 5 aromatic rings. The number of aromatic nitrogens is 3. The largest absolute Gasteiger partial charge is 0.497 e. The lowest BCUT2D eigenvalue weighted by atomic mass is 10.0. The van der Waals surface area contributed by atoms with Crippen LogP contribution in [0.4, 0.5) is 0 Å². The van der Waals surface area contributed by atoms with Crippen molar-refractivity contribution in [3.8, 4) is 17.0 Å². The monoisotopic (exact) mass is 457 g/mol. The summed E-state index contributed by atoms with van der Waals surface area (Å²) in [6.07, 6.45) is 3.36. The molecule has 7 heteroatoms. The molecule has 0 atom stereocenters. The second-order valence-corrected chi connectivity index (χ2v) is 8.14. The van der Waals surface area contributed by atoms with Gasteiger partial charge in [0.1, 0.15) is 11.4 Å². The van der Waals surface area contributed by atoms with Crippen LogP contribution in [0.3, 0.4) is 0 Å². The second-order valence-electron chi connectivity index (χ2n) is 7.70. The van der Waals surface area contributed by atoms with Crippen LogP contribution in [0, 0.1) is 6.92 Å². The Morgan fingerprint density at radius 1 is 1.12 bits per heavy atom. The van der Waals surface area contributed by atoms with Gasteiger partial charge in [-0.3, -0.25) is 9.78 Å². The van der Waals surface area contributed by atoms with Crippen LogP contribution in [0.15, 0.2) is 77.6 Å². The van der Waals surface area contributed by atoms with Crippen molar-refractivity contribution >= 4 is 28.3 Å². The maximum atomic E-state index is 13.6. The number of hydrogen-bond acceptors (Lipinski definition) is 5. The summed E-state index contributed by atoms with van der Waals surface area (Å²) in [4.78, 5) is 17.7. The number of pyridine rings is 1. The molecule has 33 heavy (non-hydrogen) atoms. The number of hydrogen-bond donors (Lipinski definition) is 0. The zero-order chi connectivity index (χ0) is 22.9. The Morgan fingerprint density at radius 2 is 1.94 bits per heavy atom. The zero-order valence-electron chi connectivity index (χ0n) is 18.1. The molecule has 0 radical (unpaired) electrons. The van der Waals surface area contributed by atoms with Crippen LogP contribution in [0.5, 0.6) is 5.75 Å². The Kier molecular flexibility index (Phi) is 5.44. The van der Waals surface area contributed by atoms with Crippen molar-refractivity contribution in [3.05, 3.63) is 101 Å². The van der Waals surface area contributed by atoms with E-state index in [1.54, 1.807) is 25.6 Å². The molecule has 3 heterocycles. The SMILES string of the molecule is COc1ccc2c(c1)c(C(=O)c1cc(-c3cccnc3)no1)c(C)n2Cc1ccc(Cl)cc1. The summed E-state index contributed by atoms with van der Waals surface area (Å²) in [5.41, 5.74) is 4.74. The smallest absolute Gasteiger partial charge is 0.233 e. The standard InChI is InChI=1S/C26H20ClN3O3/c1-16-25(26(31)24-13-22(29-33-24)18-4-3-11-28-14-18)21-12-20(32-2)9-10-23(21)30(16)15-17-5-7-19(27)8-6-17/h3-14H,15H2,1-2H3. The van der Waals surface area contributed by atoms with E-state index >= 15 is 0 Å². The summed E-state index contributed by atoms with van der Waals surface area (Å²) in [6, 6.07) is 18.8. The van der Waals surface area contributed by atoms with Crippen molar-refractivity contribution in [2.24, 2.45) is 0 Å². The van der Waals surface area contributed by atoms with Gasteiger partial charge in [-0.1, -0.05) is 28.9 Å². The quantitative estimate of drug-likeness (QED) is 0.295. The third-order valence-electron chi connectivity index (χ3n) is 5.70. The minimum absolute atomic E-state index is 0.172. The summed E-state index contributed by atoms with van der Waals surface area (Å²) in [6.45, 7) is 2.53. The van der Waals surface area contributed by atoms with Crippen LogP contribution in [0.2, 0.25) is 5.02 Å². The molecular weight excluding hydrogens is 438 g/mol. The third kappa shape index (κ3) is 3.90. The van der Waals surface area contributed by atoms with Crippen LogP contribution < -0.4 is 4.74 Å². The van der Waals surface area contributed by atoms with Crippen LogP contribution in [-0.2, 0) is 6.54 Å². The zero-order valence-corrected chi connectivity index (χ0v) is 18.8. The minimum atomic E-state index is -0.233. The minimum Gasteiger partial charge on any atom is -0.497 e. The first kappa shape index (κ1) is 21.0. The fraction of sp³-hybridized carbons (Fsp3) is 0.115. The van der Waals surface area contributed by atoms with E-state index in [4.69, 9.17) is 20.9 Å². The number of nitrogens with zero attached hydrogens (tertiary/aromatic N) is 3. The molecule has 0 bridgehead atoms. The van der Waals surface area contributed by atoms with Crippen molar-refractivity contribution in [1.29, 1.82) is 0 Å². The molecule has 0 spiro atoms. The van der Waals surface area contributed by atoms with E-state index in [2.05, 4.69) is 14.7 Å². The van der Waals surface area contributed by atoms with Crippen LogP contribution in [-0.4, -0.2) is 27.6 Å². The van der Waals surface area contributed by atoms with Crippen molar-refractivity contribution in [3.63, 3.8) is 0 Å². The molecule has 0 fully saturated rings. The van der Waals surface area contributed by atoms with Crippen LogP contribution >= 0.6 is 11.6 Å². The molecular formula is C26H20ClN3O3. The Bertz CT molecular complexity index is 1450. The topological polar surface area (TPSA) is 70.2 Å². The first-order chi connectivity index (χ1) is 16.0. The maximum Gasteiger partial charge on any atom is 0.233 e. The van der Waals surface area contributed by atoms with Crippen LogP contribution in [0.25, 0.3) is 22.2 Å².